The molecule has 1 aliphatic carbocycles. The molecule has 7 nitrogen and oxygen atoms in total. The quantitative estimate of drug-likeness (QED) is 0.772. The number of carbonyl (C=O) groups excluding carboxylic acids is 3. The van der Waals surface area contributed by atoms with E-state index in [4.69, 9.17) is 4.74 Å². The maximum absolute atomic E-state index is 12.1. The highest BCUT2D eigenvalue weighted by molar-refractivity contribution is 5.95. The smallest absolute Gasteiger partial charge is 0.262 e. The molecule has 2 N–H and O–H groups in total. The van der Waals surface area contributed by atoms with E-state index in [1.807, 2.05) is 0 Å². The van der Waals surface area contributed by atoms with Crippen molar-refractivity contribution in [1.29, 1.82) is 0 Å². The van der Waals surface area contributed by atoms with Crippen LogP contribution in [-0.2, 0) is 14.4 Å². The molecule has 0 unspecified atom stereocenters. The summed E-state index contributed by atoms with van der Waals surface area (Å²) in [5.41, 5.74) is 2.01. The first-order valence-corrected chi connectivity index (χ1v) is 9.10. The van der Waals surface area contributed by atoms with E-state index in [1.54, 1.807) is 55.6 Å². The molecule has 7 heteroatoms. The molecule has 0 atom stereocenters. The second-order valence-electron chi connectivity index (χ2n) is 6.75. The number of anilines is 3. The van der Waals surface area contributed by atoms with Crippen LogP contribution in [0.25, 0.3) is 0 Å². The van der Waals surface area contributed by atoms with Crippen molar-refractivity contribution in [3.8, 4) is 5.75 Å². The maximum Gasteiger partial charge on any atom is 0.262 e. The van der Waals surface area contributed by atoms with Gasteiger partial charge in [-0.1, -0.05) is 6.07 Å². The molecule has 0 heterocycles. The number of hydrogen-bond acceptors (Lipinski definition) is 4. The van der Waals surface area contributed by atoms with Gasteiger partial charge >= 0.3 is 0 Å². The third kappa shape index (κ3) is 5.33. The van der Waals surface area contributed by atoms with Crippen LogP contribution in [-0.4, -0.2) is 31.4 Å². The molecule has 0 aliphatic heterocycles. The van der Waals surface area contributed by atoms with Crippen LogP contribution in [0.3, 0.4) is 0 Å². The van der Waals surface area contributed by atoms with Crippen LogP contribution >= 0.6 is 0 Å². The van der Waals surface area contributed by atoms with Crippen LogP contribution in [0.1, 0.15) is 19.8 Å². The van der Waals surface area contributed by atoms with Crippen molar-refractivity contribution in [2.24, 2.45) is 5.92 Å². The van der Waals surface area contributed by atoms with Gasteiger partial charge in [-0.2, -0.15) is 0 Å². The lowest BCUT2D eigenvalue weighted by molar-refractivity contribution is -0.118. The predicted molar refractivity (Wildman–Crippen MR) is 107 cm³/mol. The van der Waals surface area contributed by atoms with Crippen LogP contribution in [0, 0.1) is 5.92 Å². The van der Waals surface area contributed by atoms with Crippen LogP contribution in [0.15, 0.2) is 48.5 Å². The number of carbonyl (C=O) groups is 3. The minimum absolute atomic E-state index is 0.0220. The number of hydrogen-bond donors (Lipinski definition) is 2. The van der Waals surface area contributed by atoms with Crippen LogP contribution in [0.2, 0.25) is 0 Å². The van der Waals surface area contributed by atoms with Gasteiger partial charge in [0.2, 0.25) is 11.8 Å². The highest BCUT2D eigenvalue weighted by atomic mass is 16.5. The first-order valence-electron chi connectivity index (χ1n) is 9.10. The lowest BCUT2D eigenvalue weighted by Crippen LogP contribution is -2.23. The van der Waals surface area contributed by atoms with Gasteiger partial charge in [-0.3, -0.25) is 14.4 Å². The average Bonchev–Trinajstić information content (AvgIpc) is 3.52. The third-order valence-electron chi connectivity index (χ3n) is 4.43. The Labute approximate surface area is 163 Å². The molecule has 0 aromatic heterocycles. The summed E-state index contributed by atoms with van der Waals surface area (Å²) in [6.07, 6.45) is 1.88. The highest BCUT2D eigenvalue weighted by Gasteiger charge is 2.29. The topological polar surface area (TPSA) is 87.7 Å². The fraction of sp³-hybridized carbons (Fsp3) is 0.286. The molecule has 3 amide bonds. The second-order valence-corrected chi connectivity index (χ2v) is 6.75. The van der Waals surface area contributed by atoms with Gasteiger partial charge in [0.1, 0.15) is 5.75 Å². The molecular formula is C21H23N3O4. The molecule has 2 aromatic carbocycles. The molecule has 2 aromatic rings. The van der Waals surface area contributed by atoms with E-state index in [2.05, 4.69) is 10.6 Å². The van der Waals surface area contributed by atoms with Gasteiger partial charge in [-0.05, 0) is 49.2 Å². The Morgan fingerprint density at radius 3 is 2.39 bits per heavy atom. The van der Waals surface area contributed by atoms with E-state index < -0.39 is 0 Å². The zero-order chi connectivity index (χ0) is 20.1. The highest BCUT2D eigenvalue weighted by Crippen LogP contribution is 2.30. The Bertz CT molecular complexity index is 875. The first kappa shape index (κ1) is 19.4. The molecule has 1 saturated carbocycles. The van der Waals surface area contributed by atoms with E-state index in [1.165, 1.54) is 11.8 Å². The first-order chi connectivity index (χ1) is 13.4. The number of amides is 3. The van der Waals surface area contributed by atoms with Crippen LogP contribution < -0.4 is 20.3 Å². The summed E-state index contributed by atoms with van der Waals surface area (Å²) in [4.78, 5) is 36.8. The van der Waals surface area contributed by atoms with E-state index in [9.17, 15) is 14.4 Å². The summed E-state index contributed by atoms with van der Waals surface area (Å²) >= 11 is 0. The number of rotatable bonds is 7. The summed E-state index contributed by atoms with van der Waals surface area (Å²) in [5, 5.41) is 5.59. The summed E-state index contributed by atoms with van der Waals surface area (Å²) in [6.45, 7) is 1.33. The maximum atomic E-state index is 12.1. The van der Waals surface area contributed by atoms with Crippen LogP contribution in [0.5, 0.6) is 5.75 Å². The molecule has 146 valence electrons. The zero-order valence-corrected chi connectivity index (χ0v) is 15.9. The van der Waals surface area contributed by atoms with Gasteiger partial charge in [0.25, 0.3) is 5.91 Å². The van der Waals surface area contributed by atoms with Crippen LogP contribution in [0.4, 0.5) is 17.1 Å². The Hall–Kier alpha value is -3.35. The molecule has 0 bridgehead atoms. The number of nitrogens with zero attached hydrogens (tertiary/aromatic N) is 1. The molecule has 1 fully saturated rings. The fourth-order valence-corrected chi connectivity index (χ4v) is 2.55. The molecule has 28 heavy (non-hydrogen) atoms. The Morgan fingerprint density at radius 1 is 1.04 bits per heavy atom. The summed E-state index contributed by atoms with van der Waals surface area (Å²) in [7, 11) is 1.69. The molecule has 0 spiro atoms. The molecular weight excluding hydrogens is 358 g/mol. The number of benzene rings is 2. The molecule has 0 radical (unpaired) electrons. The lowest BCUT2D eigenvalue weighted by atomic mass is 10.2. The Balaban J connectivity index is 1.50. The van der Waals surface area contributed by atoms with Gasteiger partial charge in [-0.15, -0.1) is 0 Å². The summed E-state index contributed by atoms with van der Waals surface area (Å²) in [6, 6.07) is 13.9. The zero-order valence-electron chi connectivity index (χ0n) is 15.9. The largest absolute Gasteiger partial charge is 0.484 e. The van der Waals surface area contributed by atoms with Crippen molar-refractivity contribution in [2.45, 2.75) is 19.8 Å². The molecule has 0 saturated heterocycles. The van der Waals surface area contributed by atoms with E-state index in [-0.39, 0.29) is 30.2 Å². The van der Waals surface area contributed by atoms with Crippen molar-refractivity contribution in [1.82, 2.24) is 0 Å². The van der Waals surface area contributed by atoms with Gasteiger partial charge in [-0.25, -0.2) is 0 Å². The van der Waals surface area contributed by atoms with Crippen molar-refractivity contribution >= 4 is 34.8 Å². The summed E-state index contributed by atoms with van der Waals surface area (Å²) < 4.78 is 5.52. The monoisotopic (exact) mass is 381 g/mol. The Kier molecular flexibility index (Phi) is 5.93. The molecule has 1 aliphatic rings. The summed E-state index contributed by atoms with van der Waals surface area (Å²) in [5.74, 6) is 0.272. The Morgan fingerprint density at radius 2 is 1.75 bits per heavy atom. The lowest BCUT2D eigenvalue weighted by Gasteiger charge is -2.15. The predicted octanol–water partition coefficient (Wildman–Crippen LogP) is 3.04. The number of nitrogens with one attached hydrogen (secondary N) is 2. The SMILES string of the molecule is CC(=O)N(C)c1ccc(NC(=O)COc2cccc(NC(=O)C3CC3)c2)cc1. The van der Waals surface area contributed by atoms with Crippen molar-refractivity contribution in [3.63, 3.8) is 0 Å². The van der Waals surface area contributed by atoms with Crippen molar-refractivity contribution < 1.29 is 19.1 Å². The number of ether oxygens (including phenoxy) is 1. The van der Waals surface area contributed by atoms with E-state index >= 15 is 0 Å². The average molecular weight is 381 g/mol. The van der Waals surface area contributed by atoms with Crippen molar-refractivity contribution in [3.05, 3.63) is 48.5 Å². The third-order valence-corrected chi connectivity index (χ3v) is 4.43. The fourth-order valence-electron chi connectivity index (χ4n) is 2.55. The van der Waals surface area contributed by atoms with Gasteiger partial charge < -0.3 is 20.3 Å². The van der Waals surface area contributed by atoms with E-state index in [0.717, 1.165) is 18.5 Å². The standard InChI is InChI=1S/C21H23N3O4/c1-14(25)24(2)18-10-8-16(9-11-18)22-20(26)13-28-19-5-3-4-17(12-19)23-21(27)15-6-7-15/h3-5,8-12,15H,6-7,13H2,1-2H3,(H,22,26)(H,23,27). The second kappa shape index (κ2) is 8.56. The minimum atomic E-state index is -0.305. The normalized spacial score (nSPS) is 12.8. The molecule has 3 rings (SSSR count). The van der Waals surface area contributed by atoms with Gasteiger partial charge in [0.05, 0.1) is 0 Å². The van der Waals surface area contributed by atoms with Gasteiger partial charge in [0, 0.05) is 43.0 Å². The van der Waals surface area contributed by atoms with Gasteiger partial charge in [0.15, 0.2) is 6.61 Å². The van der Waals surface area contributed by atoms with E-state index in [0.29, 0.717) is 17.1 Å². The minimum Gasteiger partial charge on any atom is -0.484 e. The van der Waals surface area contributed by atoms with Crippen molar-refractivity contribution in [2.75, 3.05) is 29.2 Å².